The first-order chi connectivity index (χ1) is 8.15. The Labute approximate surface area is 105 Å². The zero-order valence-corrected chi connectivity index (χ0v) is 10.3. The maximum Gasteiger partial charge on any atom is 0.151 e. The number of nitrogens with zero attached hydrogens (tertiary/aromatic N) is 3. The second kappa shape index (κ2) is 5.10. The molecule has 0 aliphatic heterocycles. The van der Waals surface area contributed by atoms with E-state index in [1.54, 1.807) is 24.5 Å². The summed E-state index contributed by atoms with van der Waals surface area (Å²) in [7, 11) is 0. The van der Waals surface area contributed by atoms with Crippen LogP contribution in [0, 0.1) is 0 Å². The SMILES string of the molecule is CC(C)Oc1cncc(-c2ccc(Cl)nn2)c1. The smallest absolute Gasteiger partial charge is 0.151 e. The normalized spacial score (nSPS) is 10.6. The van der Waals surface area contributed by atoms with Gasteiger partial charge in [0.1, 0.15) is 5.75 Å². The van der Waals surface area contributed by atoms with Gasteiger partial charge < -0.3 is 4.74 Å². The number of hydrogen-bond donors (Lipinski definition) is 0. The van der Waals surface area contributed by atoms with E-state index in [2.05, 4.69) is 15.2 Å². The summed E-state index contributed by atoms with van der Waals surface area (Å²) in [4.78, 5) is 4.11. The second-order valence-corrected chi connectivity index (χ2v) is 4.20. The van der Waals surface area contributed by atoms with Crippen LogP contribution in [-0.4, -0.2) is 21.3 Å². The molecule has 17 heavy (non-hydrogen) atoms. The van der Waals surface area contributed by atoms with Crippen molar-refractivity contribution < 1.29 is 4.74 Å². The number of hydrogen-bond acceptors (Lipinski definition) is 4. The summed E-state index contributed by atoms with van der Waals surface area (Å²) < 4.78 is 5.56. The third-order valence-corrected chi connectivity index (χ3v) is 2.21. The van der Waals surface area contributed by atoms with Crippen molar-refractivity contribution in [3.05, 3.63) is 35.7 Å². The Morgan fingerprint density at radius 3 is 2.65 bits per heavy atom. The van der Waals surface area contributed by atoms with Gasteiger partial charge in [-0.3, -0.25) is 4.98 Å². The Morgan fingerprint density at radius 1 is 1.18 bits per heavy atom. The fraction of sp³-hybridized carbons (Fsp3) is 0.250. The molecule has 0 aliphatic carbocycles. The summed E-state index contributed by atoms with van der Waals surface area (Å²) in [6.45, 7) is 3.93. The van der Waals surface area contributed by atoms with Gasteiger partial charge >= 0.3 is 0 Å². The van der Waals surface area contributed by atoms with E-state index in [1.807, 2.05) is 19.9 Å². The molecule has 0 fully saturated rings. The van der Waals surface area contributed by atoms with E-state index in [1.165, 1.54) is 0 Å². The van der Waals surface area contributed by atoms with Gasteiger partial charge in [-0.25, -0.2) is 0 Å². The molecule has 0 spiro atoms. The Morgan fingerprint density at radius 2 is 2.00 bits per heavy atom. The highest BCUT2D eigenvalue weighted by Crippen LogP contribution is 2.21. The molecule has 0 aliphatic rings. The fourth-order valence-corrected chi connectivity index (χ4v) is 1.47. The van der Waals surface area contributed by atoms with Gasteiger partial charge in [0.2, 0.25) is 0 Å². The van der Waals surface area contributed by atoms with Crippen molar-refractivity contribution >= 4 is 11.6 Å². The summed E-state index contributed by atoms with van der Waals surface area (Å²) in [5.74, 6) is 0.717. The summed E-state index contributed by atoms with van der Waals surface area (Å²) in [5, 5.41) is 8.16. The third kappa shape index (κ3) is 3.14. The molecule has 4 nitrogen and oxygen atoms in total. The van der Waals surface area contributed by atoms with E-state index in [9.17, 15) is 0 Å². The van der Waals surface area contributed by atoms with E-state index in [-0.39, 0.29) is 6.10 Å². The van der Waals surface area contributed by atoms with Crippen molar-refractivity contribution in [2.24, 2.45) is 0 Å². The summed E-state index contributed by atoms with van der Waals surface area (Å²) >= 11 is 5.69. The Kier molecular flexibility index (Phi) is 3.54. The average Bonchev–Trinajstić information content (AvgIpc) is 2.29. The van der Waals surface area contributed by atoms with Crippen LogP contribution in [0.4, 0.5) is 0 Å². The van der Waals surface area contributed by atoms with Crippen molar-refractivity contribution in [2.45, 2.75) is 20.0 Å². The number of ether oxygens (including phenoxy) is 1. The maximum atomic E-state index is 5.69. The number of aromatic nitrogens is 3. The van der Waals surface area contributed by atoms with E-state index in [0.717, 1.165) is 11.3 Å². The lowest BCUT2D eigenvalue weighted by atomic mass is 10.2. The van der Waals surface area contributed by atoms with Gasteiger partial charge in [0, 0.05) is 11.8 Å². The van der Waals surface area contributed by atoms with Gasteiger partial charge in [-0.2, -0.15) is 0 Å². The number of rotatable bonds is 3. The predicted molar refractivity (Wildman–Crippen MR) is 66.0 cm³/mol. The van der Waals surface area contributed by atoms with E-state index >= 15 is 0 Å². The quantitative estimate of drug-likeness (QED) is 0.839. The molecule has 0 atom stereocenters. The molecule has 2 heterocycles. The van der Waals surface area contributed by atoms with E-state index in [4.69, 9.17) is 16.3 Å². The summed E-state index contributed by atoms with van der Waals surface area (Å²) in [6.07, 6.45) is 3.50. The first-order valence-electron chi connectivity index (χ1n) is 5.26. The van der Waals surface area contributed by atoms with Crippen LogP contribution >= 0.6 is 11.6 Å². The minimum absolute atomic E-state index is 0.114. The highest BCUT2D eigenvalue weighted by molar-refractivity contribution is 6.29. The first-order valence-corrected chi connectivity index (χ1v) is 5.64. The molecule has 0 unspecified atom stereocenters. The lowest BCUT2D eigenvalue weighted by molar-refractivity contribution is 0.241. The highest BCUT2D eigenvalue weighted by Gasteiger charge is 2.04. The standard InChI is InChI=1S/C12H12ClN3O/c1-8(2)17-10-5-9(6-14-7-10)11-3-4-12(13)16-15-11/h3-8H,1-2H3. The molecule has 0 saturated carbocycles. The Balaban J connectivity index is 2.29. The molecule has 5 heteroatoms. The molecule has 0 aromatic carbocycles. The topological polar surface area (TPSA) is 47.9 Å². The molecule has 0 saturated heterocycles. The van der Waals surface area contributed by atoms with Crippen LogP contribution in [0.15, 0.2) is 30.6 Å². The molecule has 2 rings (SSSR count). The van der Waals surface area contributed by atoms with Gasteiger partial charge in [-0.1, -0.05) is 11.6 Å². The van der Waals surface area contributed by atoms with Crippen molar-refractivity contribution in [2.75, 3.05) is 0 Å². The molecule has 2 aromatic heterocycles. The highest BCUT2D eigenvalue weighted by atomic mass is 35.5. The van der Waals surface area contributed by atoms with Gasteiger partial charge in [0.25, 0.3) is 0 Å². The fourth-order valence-electron chi connectivity index (χ4n) is 1.37. The van der Waals surface area contributed by atoms with Gasteiger partial charge in [0.15, 0.2) is 5.15 Å². The first kappa shape index (κ1) is 11.8. The van der Waals surface area contributed by atoms with Crippen LogP contribution in [0.5, 0.6) is 5.75 Å². The van der Waals surface area contributed by atoms with Crippen molar-refractivity contribution in [3.8, 4) is 17.0 Å². The molecule has 0 N–H and O–H groups in total. The lowest BCUT2D eigenvalue weighted by Crippen LogP contribution is -2.05. The second-order valence-electron chi connectivity index (χ2n) is 3.82. The van der Waals surface area contributed by atoms with Crippen molar-refractivity contribution in [1.29, 1.82) is 0 Å². The maximum absolute atomic E-state index is 5.69. The van der Waals surface area contributed by atoms with Crippen molar-refractivity contribution in [3.63, 3.8) is 0 Å². The average molecular weight is 250 g/mol. The van der Waals surface area contributed by atoms with Crippen LogP contribution in [-0.2, 0) is 0 Å². The number of pyridine rings is 1. The van der Waals surface area contributed by atoms with Gasteiger partial charge in [-0.15, -0.1) is 10.2 Å². The number of halogens is 1. The molecular formula is C12H12ClN3O. The third-order valence-electron chi connectivity index (χ3n) is 2.01. The molecular weight excluding hydrogens is 238 g/mol. The van der Waals surface area contributed by atoms with Crippen LogP contribution in [0.25, 0.3) is 11.3 Å². The summed E-state index contributed by atoms with van der Waals surface area (Å²) in [6, 6.07) is 5.37. The Hall–Kier alpha value is -1.68. The zero-order valence-electron chi connectivity index (χ0n) is 9.59. The minimum Gasteiger partial charge on any atom is -0.489 e. The zero-order chi connectivity index (χ0) is 12.3. The molecule has 88 valence electrons. The molecule has 0 amide bonds. The van der Waals surface area contributed by atoms with Crippen LogP contribution < -0.4 is 4.74 Å². The van der Waals surface area contributed by atoms with E-state index in [0.29, 0.717) is 10.9 Å². The Bertz CT molecular complexity index is 499. The summed E-state index contributed by atoms with van der Waals surface area (Å²) in [5.41, 5.74) is 1.57. The largest absolute Gasteiger partial charge is 0.489 e. The molecule has 0 bridgehead atoms. The molecule has 2 aromatic rings. The van der Waals surface area contributed by atoms with Crippen LogP contribution in [0.1, 0.15) is 13.8 Å². The lowest BCUT2D eigenvalue weighted by Gasteiger charge is -2.09. The van der Waals surface area contributed by atoms with Crippen LogP contribution in [0.2, 0.25) is 5.15 Å². The van der Waals surface area contributed by atoms with Gasteiger partial charge in [0.05, 0.1) is 18.0 Å². The van der Waals surface area contributed by atoms with Crippen LogP contribution in [0.3, 0.4) is 0 Å². The van der Waals surface area contributed by atoms with Crippen molar-refractivity contribution in [1.82, 2.24) is 15.2 Å². The predicted octanol–water partition coefficient (Wildman–Crippen LogP) is 2.98. The monoisotopic (exact) mass is 249 g/mol. The van der Waals surface area contributed by atoms with E-state index < -0.39 is 0 Å². The molecule has 0 radical (unpaired) electrons. The minimum atomic E-state index is 0.114. The van der Waals surface area contributed by atoms with Gasteiger partial charge in [-0.05, 0) is 32.0 Å².